The van der Waals surface area contributed by atoms with Gasteiger partial charge in [0.25, 0.3) is 0 Å². The predicted molar refractivity (Wildman–Crippen MR) is 79.7 cm³/mol. The highest BCUT2D eigenvalue weighted by molar-refractivity contribution is 5.81. The minimum Gasteiger partial charge on any atom is -0.488 e. The Morgan fingerprint density at radius 2 is 2.25 bits per heavy atom. The van der Waals surface area contributed by atoms with Crippen LogP contribution in [0.15, 0.2) is 24.3 Å². The first-order valence-corrected chi connectivity index (χ1v) is 7.23. The highest BCUT2D eigenvalue weighted by Crippen LogP contribution is 2.19. The molecule has 0 aliphatic carbocycles. The normalized spacial score (nSPS) is 18.9. The quantitative estimate of drug-likeness (QED) is 0.886. The van der Waals surface area contributed by atoms with Crippen molar-refractivity contribution in [2.75, 3.05) is 6.54 Å². The molecule has 1 aliphatic heterocycles. The number of ether oxygens (including phenoxy) is 1. The van der Waals surface area contributed by atoms with Crippen LogP contribution in [0.5, 0.6) is 5.75 Å². The van der Waals surface area contributed by atoms with Crippen LogP contribution in [0, 0.1) is 0 Å². The van der Waals surface area contributed by atoms with Crippen LogP contribution in [-0.2, 0) is 11.3 Å². The van der Waals surface area contributed by atoms with E-state index in [-0.39, 0.29) is 17.6 Å². The molecule has 110 valence electrons. The maximum absolute atomic E-state index is 11.9. The molecule has 20 heavy (non-hydrogen) atoms. The standard InChI is InChI=1S/C16H24N2O2/c1-16(2,3)20-13-7-4-6-12(10-13)11-18-15(19)14-8-5-9-17-14/h4,6-7,10,14,17H,5,8-9,11H2,1-3H3,(H,18,19). The Labute approximate surface area is 120 Å². The van der Waals surface area contributed by atoms with Gasteiger partial charge in [-0.1, -0.05) is 12.1 Å². The minimum absolute atomic E-state index is 0.0241. The van der Waals surface area contributed by atoms with Crippen LogP contribution in [0.2, 0.25) is 0 Å². The topological polar surface area (TPSA) is 50.4 Å². The van der Waals surface area contributed by atoms with Crippen molar-refractivity contribution < 1.29 is 9.53 Å². The molecule has 1 heterocycles. The first-order valence-electron chi connectivity index (χ1n) is 7.23. The zero-order valence-electron chi connectivity index (χ0n) is 12.5. The van der Waals surface area contributed by atoms with E-state index in [1.54, 1.807) is 0 Å². The molecule has 1 unspecified atom stereocenters. The minimum atomic E-state index is -0.213. The van der Waals surface area contributed by atoms with Crippen LogP contribution in [-0.4, -0.2) is 24.1 Å². The van der Waals surface area contributed by atoms with Crippen LogP contribution in [0.1, 0.15) is 39.2 Å². The highest BCUT2D eigenvalue weighted by atomic mass is 16.5. The maximum atomic E-state index is 11.9. The number of nitrogens with one attached hydrogen (secondary N) is 2. The molecule has 1 aliphatic rings. The molecule has 1 atom stereocenters. The van der Waals surface area contributed by atoms with Crippen molar-refractivity contribution >= 4 is 5.91 Å². The Hall–Kier alpha value is -1.55. The summed E-state index contributed by atoms with van der Waals surface area (Å²) >= 11 is 0. The zero-order valence-corrected chi connectivity index (χ0v) is 12.5. The van der Waals surface area contributed by atoms with E-state index in [4.69, 9.17) is 4.74 Å². The predicted octanol–water partition coefficient (Wildman–Crippen LogP) is 2.23. The van der Waals surface area contributed by atoms with Gasteiger partial charge in [0.15, 0.2) is 0 Å². The molecule has 1 fully saturated rings. The van der Waals surface area contributed by atoms with Crippen molar-refractivity contribution in [3.63, 3.8) is 0 Å². The third-order valence-electron chi connectivity index (χ3n) is 3.17. The number of amides is 1. The van der Waals surface area contributed by atoms with Gasteiger partial charge in [0.05, 0.1) is 6.04 Å². The molecule has 4 heteroatoms. The summed E-state index contributed by atoms with van der Waals surface area (Å²) in [6.07, 6.45) is 2.01. The van der Waals surface area contributed by atoms with Gasteiger partial charge in [-0.25, -0.2) is 0 Å². The van der Waals surface area contributed by atoms with E-state index in [0.717, 1.165) is 30.7 Å². The Morgan fingerprint density at radius 3 is 2.90 bits per heavy atom. The van der Waals surface area contributed by atoms with E-state index in [0.29, 0.717) is 6.54 Å². The van der Waals surface area contributed by atoms with Crippen molar-refractivity contribution in [2.45, 2.75) is 51.8 Å². The molecule has 2 rings (SSSR count). The number of benzene rings is 1. The Bertz CT molecular complexity index is 460. The van der Waals surface area contributed by atoms with Crippen molar-refractivity contribution in [1.29, 1.82) is 0 Å². The molecule has 1 aromatic carbocycles. The van der Waals surface area contributed by atoms with Crippen LogP contribution in [0.3, 0.4) is 0 Å². The lowest BCUT2D eigenvalue weighted by atomic mass is 10.1. The van der Waals surface area contributed by atoms with Gasteiger partial charge in [-0.05, 0) is 57.9 Å². The highest BCUT2D eigenvalue weighted by Gasteiger charge is 2.21. The van der Waals surface area contributed by atoms with Crippen molar-refractivity contribution in [3.05, 3.63) is 29.8 Å². The number of carbonyl (C=O) groups excluding carboxylic acids is 1. The lowest BCUT2D eigenvalue weighted by Gasteiger charge is -2.21. The van der Waals surface area contributed by atoms with E-state index >= 15 is 0 Å². The van der Waals surface area contributed by atoms with Crippen LogP contribution < -0.4 is 15.4 Å². The second-order valence-electron chi connectivity index (χ2n) is 6.23. The molecule has 1 saturated heterocycles. The Kier molecular flexibility index (Phi) is 4.65. The fourth-order valence-electron chi connectivity index (χ4n) is 2.29. The fourth-order valence-corrected chi connectivity index (χ4v) is 2.29. The molecule has 4 nitrogen and oxygen atoms in total. The number of hydrogen-bond acceptors (Lipinski definition) is 3. The molecule has 0 aromatic heterocycles. The number of hydrogen-bond donors (Lipinski definition) is 2. The average Bonchev–Trinajstić information content (AvgIpc) is 2.88. The molecule has 0 radical (unpaired) electrons. The summed E-state index contributed by atoms with van der Waals surface area (Å²) in [6.45, 7) is 7.54. The van der Waals surface area contributed by atoms with Gasteiger partial charge in [0.2, 0.25) is 5.91 Å². The molecular formula is C16H24N2O2. The van der Waals surface area contributed by atoms with Gasteiger partial charge in [-0.2, -0.15) is 0 Å². The first kappa shape index (κ1) is 14.9. The third kappa shape index (κ3) is 4.53. The van der Waals surface area contributed by atoms with E-state index in [2.05, 4.69) is 10.6 Å². The summed E-state index contributed by atoms with van der Waals surface area (Å²) in [5.41, 5.74) is 0.841. The second-order valence-corrected chi connectivity index (χ2v) is 6.23. The summed E-state index contributed by atoms with van der Waals surface area (Å²) in [6, 6.07) is 7.85. The van der Waals surface area contributed by atoms with E-state index in [1.165, 1.54) is 0 Å². The zero-order chi connectivity index (χ0) is 14.6. The van der Waals surface area contributed by atoms with Crippen molar-refractivity contribution in [2.24, 2.45) is 0 Å². The van der Waals surface area contributed by atoms with Gasteiger partial charge >= 0.3 is 0 Å². The first-order chi connectivity index (χ1) is 9.44. The van der Waals surface area contributed by atoms with E-state index in [9.17, 15) is 4.79 Å². The van der Waals surface area contributed by atoms with Crippen molar-refractivity contribution in [3.8, 4) is 5.75 Å². The number of rotatable bonds is 4. The van der Waals surface area contributed by atoms with Crippen molar-refractivity contribution in [1.82, 2.24) is 10.6 Å². The molecule has 0 bridgehead atoms. The third-order valence-corrected chi connectivity index (χ3v) is 3.17. The maximum Gasteiger partial charge on any atom is 0.237 e. The van der Waals surface area contributed by atoms with Crippen LogP contribution in [0.4, 0.5) is 0 Å². The Balaban J connectivity index is 1.89. The summed E-state index contributed by atoms with van der Waals surface area (Å²) in [5.74, 6) is 0.924. The summed E-state index contributed by atoms with van der Waals surface area (Å²) in [5, 5.41) is 6.17. The smallest absolute Gasteiger partial charge is 0.237 e. The van der Waals surface area contributed by atoms with Gasteiger partial charge in [0.1, 0.15) is 11.4 Å². The van der Waals surface area contributed by atoms with Crippen LogP contribution >= 0.6 is 0 Å². The Morgan fingerprint density at radius 1 is 1.45 bits per heavy atom. The molecule has 1 amide bonds. The second kappa shape index (κ2) is 6.27. The fraction of sp³-hybridized carbons (Fsp3) is 0.562. The molecule has 1 aromatic rings. The van der Waals surface area contributed by atoms with E-state index < -0.39 is 0 Å². The SMILES string of the molecule is CC(C)(C)Oc1cccc(CNC(=O)C2CCCN2)c1. The number of carbonyl (C=O) groups is 1. The lowest BCUT2D eigenvalue weighted by molar-refractivity contribution is -0.122. The molecule has 0 spiro atoms. The van der Waals surface area contributed by atoms with Gasteiger partial charge in [-0.3, -0.25) is 4.79 Å². The summed E-state index contributed by atoms with van der Waals surface area (Å²) in [7, 11) is 0. The average molecular weight is 276 g/mol. The van der Waals surface area contributed by atoms with Gasteiger partial charge in [-0.15, -0.1) is 0 Å². The molecular weight excluding hydrogens is 252 g/mol. The van der Waals surface area contributed by atoms with Crippen LogP contribution in [0.25, 0.3) is 0 Å². The van der Waals surface area contributed by atoms with E-state index in [1.807, 2.05) is 45.0 Å². The lowest BCUT2D eigenvalue weighted by Crippen LogP contribution is -2.40. The monoisotopic (exact) mass is 276 g/mol. The van der Waals surface area contributed by atoms with Gasteiger partial charge < -0.3 is 15.4 Å². The van der Waals surface area contributed by atoms with Gasteiger partial charge in [0, 0.05) is 6.54 Å². The molecule has 0 saturated carbocycles. The largest absolute Gasteiger partial charge is 0.488 e. The summed E-state index contributed by atoms with van der Waals surface area (Å²) < 4.78 is 5.82. The molecule has 2 N–H and O–H groups in total. The summed E-state index contributed by atoms with van der Waals surface area (Å²) in [4.78, 5) is 11.9.